The molecule has 0 unspecified atom stereocenters. The molecule has 7 nitrogen and oxygen atoms in total. The van der Waals surface area contributed by atoms with Crippen LogP contribution in [0, 0.1) is 0 Å². The lowest BCUT2D eigenvalue weighted by Crippen LogP contribution is -2.50. The number of rotatable bonds is 4. The summed E-state index contributed by atoms with van der Waals surface area (Å²) in [5.74, 6) is -0.712. The van der Waals surface area contributed by atoms with Crippen LogP contribution in [-0.2, 0) is 19.6 Å². The molecule has 0 saturated heterocycles. The summed E-state index contributed by atoms with van der Waals surface area (Å²) < 4.78 is 33.2. The summed E-state index contributed by atoms with van der Waals surface area (Å²) in [5.41, 5.74) is -1.05. The van der Waals surface area contributed by atoms with Gasteiger partial charge in [-0.25, -0.2) is 13.4 Å². The van der Waals surface area contributed by atoms with Gasteiger partial charge in [0.05, 0.1) is 7.11 Å². The molecule has 2 rings (SSSR count). The highest BCUT2D eigenvalue weighted by Gasteiger charge is 2.36. The molecule has 2 aromatic rings. The van der Waals surface area contributed by atoms with Crippen molar-refractivity contribution in [2.75, 3.05) is 7.11 Å². The summed E-state index contributed by atoms with van der Waals surface area (Å²) in [7, 11) is -2.89. The number of methoxy groups -OCH3 is 1. The molecule has 0 radical (unpaired) electrons. The summed E-state index contributed by atoms with van der Waals surface area (Å²) in [6.45, 7) is 2.79. The molecule has 0 amide bonds. The predicted molar refractivity (Wildman–Crippen MR) is 76.6 cm³/mol. The van der Waals surface area contributed by atoms with E-state index in [4.69, 9.17) is 11.6 Å². The Labute approximate surface area is 126 Å². The molecular weight excluding hydrogens is 318 g/mol. The second kappa shape index (κ2) is 5.28. The molecule has 0 aliphatic rings. The van der Waals surface area contributed by atoms with Crippen molar-refractivity contribution in [2.45, 2.75) is 24.4 Å². The number of carbonyl (C=O) groups is 1. The number of imidazole rings is 1. The summed E-state index contributed by atoms with van der Waals surface area (Å²) in [4.78, 5) is 15.6. The van der Waals surface area contributed by atoms with Gasteiger partial charge < -0.3 is 4.74 Å². The molecule has 0 aliphatic carbocycles. The molecule has 0 spiro atoms. The Kier molecular flexibility index (Phi) is 3.96. The van der Waals surface area contributed by atoms with Gasteiger partial charge in [-0.2, -0.15) is 4.72 Å². The minimum absolute atomic E-state index is 0.172. The number of sulfonamides is 1. The van der Waals surface area contributed by atoms with Crippen molar-refractivity contribution in [3.05, 3.63) is 29.5 Å². The molecular formula is C12H14ClN3O4S. The van der Waals surface area contributed by atoms with Gasteiger partial charge in [-0.15, -0.1) is 0 Å². The number of pyridine rings is 1. The second-order valence-electron chi connectivity index (χ2n) is 4.86. The quantitative estimate of drug-likeness (QED) is 0.851. The standard InChI is InChI=1S/C12H14ClN3O4S/c1-12(2,11(17)20-3)15-21(18,19)10-9(13)14-8-6-4-5-7-16(8)10/h4-7,15H,1-3H3. The number of ether oxygens (including phenoxy) is 1. The van der Waals surface area contributed by atoms with Crippen molar-refractivity contribution in [3.63, 3.8) is 0 Å². The Balaban J connectivity index is 2.53. The van der Waals surface area contributed by atoms with Crippen LogP contribution in [0.25, 0.3) is 5.65 Å². The average Bonchev–Trinajstić information content (AvgIpc) is 2.72. The van der Waals surface area contributed by atoms with Crippen LogP contribution in [0.1, 0.15) is 13.8 Å². The van der Waals surface area contributed by atoms with Crippen LogP contribution in [0.2, 0.25) is 5.15 Å². The van der Waals surface area contributed by atoms with Gasteiger partial charge in [-0.05, 0) is 26.0 Å². The van der Waals surface area contributed by atoms with E-state index < -0.39 is 21.5 Å². The van der Waals surface area contributed by atoms with Gasteiger partial charge in [0.25, 0.3) is 10.0 Å². The lowest BCUT2D eigenvalue weighted by molar-refractivity contribution is -0.146. The number of hydrogen-bond acceptors (Lipinski definition) is 5. The van der Waals surface area contributed by atoms with Crippen molar-refractivity contribution in [1.29, 1.82) is 0 Å². The van der Waals surface area contributed by atoms with Crippen molar-refractivity contribution in [2.24, 2.45) is 0 Å². The highest BCUT2D eigenvalue weighted by Crippen LogP contribution is 2.23. The molecule has 0 aromatic carbocycles. The summed E-state index contributed by atoms with van der Waals surface area (Å²) in [6, 6.07) is 4.98. The minimum atomic E-state index is -4.07. The normalized spacial score (nSPS) is 12.6. The van der Waals surface area contributed by atoms with Crippen LogP contribution < -0.4 is 4.72 Å². The Morgan fingerprint density at radius 1 is 1.43 bits per heavy atom. The van der Waals surface area contributed by atoms with E-state index in [9.17, 15) is 13.2 Å². The Bertz CT molecular complexity index is 798. The largest absolute Gasteiger partial charge is 0.468 e. The summed E-state index contributed by atoms with van der Waals surface area (Å²) in [6.07, 6.45) is 1.52. The molecule has 0 atom stereocenters. The van der Waals surface area contributed by atoms with Gasteiger partial charge in [0.2, 0.25) is 0 Å². The highest BCUT2D eigenvalue weighted by molar-refractivity contribution is 7.89. The zero-order valence-electron chi connectivity index (χ0n) is 11.6. The van der Waals surface area contributed by atoms with Crippen molar-refractivity contribution in [3.8, 4) is 0 Å². The Morgan fingerprint density at radius 3 is 2.71 bits per heavy atom. The molecule has 2 heterocycles. The van der Waals surface area contributed by atoms with E-state index in [0.717, 1.165) is 0 Å². The maximum absolute atomic E-state index is 12.5. The van der Waals surface area contributed by atoms with E-state index in [1.807, 2.05) is 0 Å². The van der Waals surface area contributed by atoms with E-state index >= 15 is 0 Å². The molecule has 9 heteroatoms. The molecule has 0 fully saturated rings. The molecule has 0 bridgehead atoms. The Hall–Kier alpha value is -1.64. The maximum Gasteiger partial charge on any atom is 0.326 e. The summed E-state index contributed by atoms with van der Waals surface area (Å²) in [5, 5.41) is -0.397. The Morgan fingerprint density at radius 2 is 2.10 bits per heavy atom. The number of hydrogen-bond donors (Lipinski definition) is 1. The van der Waals surface area contributed by atoms with E-state index in [1.165, 1.54) is 31.6 Å². The first-order valence-corrected chi connectivity index (χ1v) is 7.80. The van der Waals surface area contributed by atoms with E-state index in [0.29, 0.717) is 5.65 Å². The third-order valence-corrected chi connectivity index (χ3v) is 4.84. The number of fused-ring (bicyclic) bond motifs is 1. The van der Waals surface area contributed by atoms with Crippen LogP contribution in [0.15, 0.2) is 29.4 Å². The lowest BCUT2D eigenvalue weighted by Gasteiger charge is -2.22. The predicted octanol–water partition coefficient (Wildman–Crippen LogP) is 1.22. The van der Waals surface area contributed by atoms with Gasteiger partial charge in [-0.3, -0.25) is 9.20 Å². The first kappa shape index (κ1) is 15.7. The van der Waals surface area contributed by atoms with Crippen molar-refractivity contribution < 1.29 is 17.9 Å². The van der Waals surface area contributed by atoms with Gasteiger partial charge in [-0.1, -0.05) is 17.7 Å². The van der Waals surface area contributed by atoms with Crippen LogP contribution in [0.3, 0.4) is 0 Å². The lowest BCUT2D eigenvalue weighted by atomic mass is 10.1. The molecule has 21 heavy (non-hydrogen) atoms. The molecule has 1 N–H and O–H groups in total. The second-order valence-corrected chi connectivity index (χ2v) is 6.81. The third kappa shape index (κ3) is 2.87. The first-order chi connectivity index (χ1) is 9.69. The van der Waals surface area contributed by atoms with E-state index in [-0.39, 0.29) is 10.2 Å². The molecule has 114 valence electrons. The van der Waals surface area contributed by atoms with Gasteiger partial charge in [0.1, 0.15) is 11.2 Å². The van der Waals surface area contributed by atoms with E-state index in [1.54, 1.807) is 18.2 Å². The minimum Gasteiger partial charge on any atom is -0.468 e. The van der Waals surface area contributed by atoms with Gasteiger partial charge in [0, 0.05) is 6.20 Å². The number of nitrogens with zero attached hydrogens (tertiary/aromatic N) is 2. The van der Waals surface area contributed by atoms with Crippen LogP contribution in [0.4, 0.5) is 0 Å². The average molecular weight is 332 g/mol. The van der Waals surface area contributed by atoms with Crippen LogP contribution >= 0.6 is 11.6 Å². The first-order valence-electron chi connectivity index (χ1n) is 5.94. The van der Waals surface area contributed by atoms with E-state index in [2.05, 4.69) is 14.4 Å². The highest BCUT2D eigenvalue weighted by atomic mass is 35.5. The van der Waals surface area contributed by atoms with Crippen molar-refractivity contribution in [1.82, 2.24) is 14.1 Å². The van der Waals surface area contributed by atoms with Gasteiger partial charge >= 0.3 is 5.97 Å². The maximum atomic E-state index is 12.5. The molecule has 0 saturated carbocycles. The van der Waals surface area contributed by atoms with Crippen LogP contribution in [0.5, 0.6) is 0 Å². The fourth-order valence-corrected chi connectivity index (χ4v) is 3.88. The number of nitrogens with one attached hydrogen (secondary N) is 1. The number of aromatic nitrogens is 2. The molecule has 0 aliphatic heterocycles. The fourth-order valence-electron chi connectivity index (χ4n) is 1.87. The molecule has 2 aromatic heterocycles. The zero-order valence-corrected chi connectivity index (χ0v) is 13.2. The number of halogens is 1. The van der Waals surface area contributed by atoms with Crippen LogP contribution in [-0.4, -0.2) is 36.4 Å². The summed E-state index contributed by atoms with van der Waals surface area (Å²) >= 11 is 5.93. The smallest absolute Gasteiger partial charge is 0.326 e. The van der Waals surface area contributed by atoms with Crippen molar-refractivity contribution >= 4 is 33.2 Å². The SMILES string of the molecule is COC(=O)C(C)(C)NS(=O)(=O)c1c(Cl)nc2ccccn12. The third-order valence-electron chi connectivity index (χ3n) is 2.79. The monoisotopic (exact) mass is 331 g/mol. The fraction of sp³-hybridized carbons (Fsp3) is 0.333. The zero-order chi connectivity index (χ0) is 15.8. The number of esters is 1. The number of carbonyl (C=O) groups excluding carboxylic acids is 1. The van der Waals surface area contributed by atoms with Gasteiger partial charge in [0.15, 0.2) is 10.2 Å². The topological polar surface area (TPSA) is 89.8 Å².